The number of ether oxygens (including phenoxy) is 2. The highest BCUT2D eigenvalue weighted by Crippen LogP contribution is 2.24. The second-order valence-electron chi connectivity index (χ2n) is 4.95. The molecule has 1 heterocycles. The van der Waals surface area contributed by atoms with Crippen molar-refractivity contribution in [2.75, 3.05) is 19.0 Å². The van der Waals surface area contributed by atoms with Crippen molar-refractivity contribution >= 4 is 10.0 Å². The van der Waals surface area contributed by atoms with Crippen LogP contribution < -0.4 is 10.5 Å². The van der Waals surface area contributed by atoms with Crippen molar-refractivity contribution in [2.45, 2.75) is 50.5 Å². The second-order valence-corrected chi connectivity index (χ2v) is 6.75. The number of nitrogens with one attached hydrogen (secondary N) is 1. The van der Waals surface area contributed by atoms with Crippen LogP contribution in [0.5, 0.6) is 0 Å². The highest BCUT2D eigenvalue weighted by molar-refractivity contribution is 7.89. The van der Waals surface area contributed by atoms with Crippen LogP contribution in [0.15, 0.2) is 0 Å². The molecule has 106 valence electrons. The molecule has 2 fully saturated rings. The first-order valence-electron chi connectivity index (χ1n) is 6.50. The molecule has 0 spiro atoms. The standard InChI is InChI=1S/C11H22N2O4S/c1-2-16-10-6-9(12)11(10)13-18(14,15)7-8-4-3-5-17-8/h8-11,13H,2-7,12H2,1H3. The first-order valence-corrected chi connectivity index (χ1v) is 8.16. The van der Waals surface area contributed by atoms with Crippen molar-refractivity contribution < 1.29 is 17.9 Å². The maximum absolute atomic E-state index is 12.0. The lowest BCUT2D eigenvalue weighted by molar-refractivity contribution is -0.0249. The van der Waals surface area contributed by atoms with Crippen LogP contribution in [0.1, 0.15) is 26.2 Å². The fourth-order valence-electron chi connectivity index (χ4n) is 2.47. The van der Waals surface area contributed by atoms with E-state index in [4.69, 9.17) is 15.2 Å². The van der Waals surface area contributed by atoms with Crippen LogP contribution in [0.3, 0.4) is 0 Å². The summed E-state index contributed by atoms with van der Waals surface area (Å²) in [6.07, 6.45) is 2.19. The lowest BCUT2D eigenvalue weighted by Gasteiger charge is -2.42. The number of nitrogens with two attached hydrogens (primary N) is 1. The minimum absolute atomic E-state index is 0.0229. The van der Waals surface area contributed by atoms with Crippen molar-refractivity contribution in [2.24, 2.45) is 5.73 Å². The average molecular weight is 278 g/mol. The molecule has 3 N–H and O–H groups in total. The Hall–Kier alpha value is -0.210. The van der Waals surface area contributed by atoms with Gasteiger partial charge in [0.25, 0.3) is 0 Å². The lowest BCUT2D eigenvalue weighted by Crippen LogP contribution is -2.65. The van der Waals surface area contributed by atoms with Crippen molar-refractivity contribution in [3.05, 3.63) is 0 Å². The number of sulfonamides is 1. The largest absolute Gasteiger partial charge is 0.377 e. The molecule has 4 atom stereocenters. The highest BCUT2D eigenvalue weighted by Gasteiger charge is 2.42. The molecule has 0 amide bonds. The van der Waals surface area contributed by atoms with Crippen molar-refractivity contribution in [1.82, 2.24) is 4.72 Å². The van der Waals surface area contributed by atoms with Crippen LogP contribution in [0, 0.1) is 0 Å². The van der Waals surface area contributed by atoms with Gasteiger partial charge in [-0.3, -0.25) is 0 Å². The van der Waals surface area contributed by atoms with Gasteiger partial charge in [-0.1, -0.05) is 0 Å². The quantitative estimate of drug-likeness (QED) is 0.689. The Labute approximate surface area is 108 Å². The van der Waals surface area contributed by atoms with E-state index in [1.165, 1.54) is 0 Å². The van der Waals surface area contributed by atoms with Gasteiger partial charge in [0, 0.05) is 19.3 Å². The summed E-state index contributed by atoms with van der Waals surface area (Å²) in [5.74, 6) is 0.0229. The molecule has 1 aliphatic heterocycles. The Balaban J connectivity index is 1.86. The van der Waals surface area contributed by atoms with Crippen molar-refractivity contribution in [1.29, 1.82) is 0 Å². The monoisotopic (exact) mass is 278 g/mol. The Kier molecular flexibility index (Phi) is 4.60. The first-order chi connectivity index (χ1) is 8.52. The summed E-state index contributed by atoms with van der Waals surface area (Å²) in [5, 5.41) is 0. The summed E-state index contributed by atoms with van der Waals surface area (Å²) >= 11 is 0. The summed E-state index contributed by atoms with van der Waals surface area (Å²) < 4.78 is 37.4. The number of rotatable bonds is 6. The van der Waals surface area contributed by atoms with E-state index in [-0.39, 0.29) is 30.0 Å². The Morgan fingerprint density at radius 3 is 2.83 bits per heavy atom. The first kappa shape index (κ1) is 14.2. The van der Waals surface area contributed by atoms with Gasteiger partial charge in [-0.05, 0) is 26.2 Å². The van der Waals surface area contributed by atoms with Gasteiger partial charge in [0.1, 0.15) is 0 Å². The van der Waals surface area contributed by atoms with Gasteiger partial charge < -0.3 is 15.2 Å². The van der Waals surface area contributed by atoms with Gasteiger partial charge in [-0.25, -0.2) is 13.1 Å². The van der Waals surface area contributed by atoms with Crippen molar-refractivity contribution in [3.63, 3.8) is 0 Å². The zero-order chi connectivity index (χ0) is 13.2. The van der Waals surface area contributed by atoms with E-state index in [0.717, 1.165) is 12.8 Å². The average Bonchev–Trinajstić information content (AvgIpc) is 2.78. The molecule has 2 aliphatic rings. The predicted octanol–water partition coefficient (Wildman–Crippen LogP) is -0.410. The molecule has 6 nitrogen and oxygen atoms in total. The van der Waals surface area contributed by atoms with Crippen LogP contribution in [0.2, 0.25) is 0 Å². The lowest BCUT2D eigenvalue weighted by atomic mass is 9.84. The molecule has 18 heavy (non-hydrogen) atoms. The molecule has 4 unspecified atom stereocenters. The fourth-order valence-corrected chi connectivity index (χ4v) is 4.06. The van der Waals surface area contributed by atoms with Gasteiger partial charge >= 0.3 is 0 Å². The molecule has 7 heteroatoms. The normalized spacial score (nSPS) is 36.6. The maximum Gasteiger partial charge on any atom is 0.214 e. The van der Waals surface area contributed by atoms with E-state index in [9.17, 15) is 8.42 Å². The Morgan fingerprint density at radius 1 is 1.50 bits per heavy atom. The van der Waals surface area contributed by atoms with Crippen molar-refractivity contribution in [3.8, 4) is 0 Å². The predicted molar refractivity (Wildman–Crippen MR) is 67.7 cm³/mol. The molecular weight excluding hydrogens is 256 g/mol. The summed E-state index contributed by atoms with van der Waals surface area (Å²) in [5.41, 5.74) is 5.82. The van der Waals surface area contributed by atoms with Crippen LogP contribution in [-0.4, -0.2) is 51.7 Å². The molecule has 1 saturated heterocycles. The maximum atomic E-state index is 12.0. The van der Waals surface area contributed by atoms with Gasteiger partial charge in [0.05, 0.1) is 24.0 Å². The van der Waals surface area contributed by atoms with Crippen LogP contribution in [0.25, 0.3) is 0 Å². The highest BCUT2D eigenvalue weighted by atomic mass is 32.2. The molecule has 2 rings (SSSR count). The Bertz CT molecular complexity index is 365. The third-order valence-corrected chi connectivity index (χ3v) is 4.93. The molecule has 0 radical (unpaired) electrons. The number of hydrogen-bond donors (Lipinski definition) is 2. The van der Waals surface area contributed by atoms with Crippen LogP contribution >= 0.6 is 0 Å². The summed E-state index contributed by atoms with van der Waals surface area (Å²) in [7, 11) is -3.34. The minimum atomic E-state index is -3.34. The van der Waals surface area contributed by atoms with E-state index in [2.05, 4.69) is 4.72 Å². The minimum Gasteiger partial charge on any atom is -0.377 e. The van der Waals surface area contributed by atoms with Gasteiger partial charge in [-0.2, -0.15) is 0 Å². The summed E-state index contributed by atoms with van der Waals surface area (Å²) in [6, 6.07) is -0.447. The van der Waals surface area contributed by atoms with Crippen LogP contribution in [0.4, 0.5) is 0 Å². The van der Waals surface area contributed by atoms with E-state index in [1.807, 2.05) is 6.92 Å². The zero-order valence-electron chi connectivity index (χ0n) is 10.7. The fraction of sp³-hybridized carbons (Fsp3) is 1.00. The Morgan fingerprint density at radius 2 is 2.28 bits per heavy atom. The molecule has 1 saturated carbocycles. The van der Waals surface area contributed by atoms with Gasteiger partial charge in [-0.15, -0.1) is 0 Å². The van der Waals surface area contributed by atoms with Gasteiger partial charge in [0.2, 0.25) is 10.0 Å². The topological polar surface area (TPSA) is 90.6 Å². The summed E-state index contributed by atoms with van der Waals surface area (Å²) in [6.45, 7) is 3.12. The SMILES string of the molecule is CCOC1CC(N)C1NS(=O)(=O)CC1CCCO1. The van der Waals surface area contributed by atoms with E-state index >= 15 is 0 Å². The second kappa shape index (κ2) is 5.83. The molecule has 0 bridgehead atoms. The van der Waals surface area contributed by atoms with Gasteiger partial charge in [0.15, 0.2) is 0 Å². The third kappa shape index (κ3) is 3.42. The van der Waals surface area contributed by atoms with Crippen LogP contribution in [-0.2, 0) is 19.5 Å². The molecule has 0 aromatic carbocycles. The number of hydrogen-bond acceptors (Lipinski definition) is 5. The van der Waals surface area contributed by atoms with E-state index < -0.39 is 10.0 Å². The summed E-state index contributed by atoms with van der Waals surface area (Å²) in [4.78, 5) is 0. The zero-order valence-corrected chi connectivity index (χ0v) is 11.5. The molecular formula is C11H22N2O4S. The van der Waals surface area contributed by atoms with E-state index in [1.54, 1.807) is 0 Å². The third-order valence-electron chi connectivity index (χ3n) is 3.49. The molecule has 1 aliphatic carbocycles. The molecule has 0 aromatic rings. The smallest absolute Gasteiger partial charge is 0.214 e. The van der Waals surface area contributed by atoms with E-state index in [0.29, 0.717) is 19.6 Å². The molecule has 0 aromatic heterocycles.